The van der Waals surface area contributed by atoms with Crippen molar-refractivity contribution in [2.24, 2.45) is 5.92 Å². The van der Waals surface area contributed by atoms with Gasteiger partial charge >= 0.3 is 17.8 Å². The van der Waals surface area contributed by atoms with Gasteiger partial charge in [0.15, 0.2) is 0 Å². The quantitative estimate of drug-likeness (QED) is 0.638. The second kappa shape index (κ2) is 4.54. The second-order valence-corrected chi connectivity index (χ2v) is 6.23. The molecule has 4 rings (SSSR count). The van der Waals surface area contributed by atoms with Crippen molar-refractivity contribution in [2.75, 3.05) is 13.1 Å². The predicted octanol–water partition coefficient (Wildman–Crippen LogP) is 0.624. The largest absolute Gasteiger partial charge is 0.421 e. The number of carbonyl (C=O) groups excluding carboxylic acids is 2. The molecule has 3 heterocycles. The zero-order chi connectivity index (χ0) is 15.4. The molecule has 3 aliphatic heterocycles. The fourth-order valence-corrected chi connectivity index (χ4v) is 4.04. The minimum Gasteiger partial charge on any atom is -0.399 e. The number of nitrogens with one attached hydrogen (secondary N) is 1. The molecule has 0 aliphatic carbocycles. The van der Waals surface area contributed by atoms with Crippen LogP contribution in [0.5, 0.6) is 0 Å². The number of benzene rings is 1. The molecule has 6 nitrogen and oxygen atoms in total. The lowest BCUT2D eigenvalue weighted by molar-refractivity contribution is -0.389. The third-order valence-corrected chi connectivity index (χ3v) is 5.26. The molecule has 0 saturated carbocycles. The van der Waals surface area contributed by atoms with Crippen LogP contribution in [0.3, 0.4) is 0 Å². The summed E-state index contributed by atoms with van der Waals surface area (Å²) >= 11 is 0. The van der Waals surface area contributed by atoms with Crippen LogP contribution in [0, 0.1) is 5.92 Å². The standard InChI is InChI=1S/C16H18N2O4/c1-11-15(7-8-17-10-15)18(9-12-5-3-2-4-6-12)16(11)21-13(19)14(20)22-16/h2-6,11,17H,7-10H2,1H3/t11-,15-/m0/s1. The zero-order valence-electron chi connectivity index (χ0n) is 12.4. The van der Waals surface area contributed by atoms with E-state index in [0.717, 1.165) is 25.1 Å². The van der Waals surface area contributed by atoms with Crippen molar-refractivity contribution >= 4 is 11.9 Å². The smallest absolute Gasteiger partial charge is 0.399 e. The van der Waals surface area contributed by atoms with Gasteiger partial charge in [0, 0.05) is 13.1 Å². The van der Waals surface area contributed by atoms with Crippen LogP contribution in [0.2, 0.25) is 0 Å². The van der Waals surface area contributed by atoms with Gasteiger partial charge in [-0.2, -0.15) is 0 Å². The maximum Gasteiger partial charge on any atom is 0.421 e. The van der Waals surface area contributed by atoms with Gasteiger partial charge in [-0.15, -0.1) is 0 Å². The van der Waals surface area contributed by atoms with Crippen LogP contribution in [-0.2, 0) is 25.6 Å². The number of rotatable bonds is 2. The molecular formula is C16H18N2O4. The third kappa shape index (κ3) is 1.62. The molecule has 3 aliphatic rings. The number of likely N-dealkylation sites (tertiary alicyclic amines) is 1. The number of nitrogens with zero attached hydrogens (tertiary/aromatic N) is 1. The lowest BCUT2D eigenvalue weighted by Gasteiger charge is -2.63. The average Bonchev–Trinajstić information content (AvgIpc) is 3.14. The number of hydrogen-bond donors (Lipinski definition) is 1. The van der Waals surface area contributed by atoms with Gasteiger partial charge in [-0.3, -0.25) is 0 Å². The topological polar surface area (TPSA) is 67.9 Å². The molecule has 0 bridgehead atoms. The summed E-state index contributed by atoms with van der Waals surface area (Å²) < 4.78 is 10.7. The van der Waals surface area contributed by atoms with E-state index in [1.807, 2.05) is 42.2 Å². The number of esters is 2. The van der Waals surface area contributed by atoms with Crippen LogP contribution in [0.25, 0.3) is 0 Å². The molecule has 3 fully saturated rings. The minimum absolute atomic E-state index is 0.0610. The van der Waals surface area contributed by atoms with Crippen LogP contribution in [0.1, 0.15) is 18.9 Å². The van der Waals surface area contributed by atoms with E-state index in [1.165, 1.54) is 0 Å². The Labute approximate surface area is 128 Å². The summed E-state index contributed by atoms with van der Waals surface area (Å²) in [6.45, 7) is 4.28. The summed E-state index contributed by atoms with van der Waals surface area (Å²) in [5.74, 6) is -3.10. The number of ether oxygens (including phenoxy) is 2. The molecular weight excluding hydrogens is 284 g/mol. The summed E-state index contributed by atoms with van der Waals surface area (Å²) in [5.41, 5.74) is 0.958. The van der Waals surface area contributed by atoms with E-state index in [0.29, 0.717) is 6.54 Å². The molecule has 1 aromatic rings. The fraction of sp³-hybridized carbons (Fsp3) is 0.500. The van der Waals surface area contributed by atoms with Crippen LogP contribution in [0.4, 0.5) is 0 Å². The van der Waals surface area contributed by atoms with Gasteiger partial charge in [0.2, 0.25) is 0 Å². The molecule has 0 unspecified atom stereocenters. The van der Waals surface area contributed by atoms with Crippen molar-refractivity contribution in [2.45, 2.75) is 31.3 Å². The van der Waals surface area contributed by atoms with Crippen molar-refractivity contribution in [1.82, 2.24) is 10.2 Å². The van der Waals surface area contributed by atoms with E-state index >= 15 is 0 Å². The molecule has 0 amide bonds. The Hall–Kier alpha value is -1.92. The first kappa shape index (κ1) is 13.7. The van der Waals surface area contributed by atoms with Crippen molar-refractivity contribution in [3.8, 4) is 0 Å². The van der Waals surface area contributed by atoms with Gasteiger partial charge in [0.25, 0.3) is 0 Å². The van der Waals surface area contributed by atoms with Gasteiger partial charge in [-0.25, -0.2) is 14.5 Å². The highest BCUT2D eigenvalue weighted by Gasteiger charge is 2.75. The minimum atomic E-state index is -1.24. The summed E-state index contributed by atoms with van der Waals surface area (Å²) in [6, 6.07) is 9.94. The monoisotopic (exact) mass is 302 g/mol. The van der Waals surface area contributed by atoms with Crippen molar-refractivity contribution in [3.05, 3.63) is 35.9 Å². The van der Waals surface area contributed by atoms with Crippen molar-refractivity contribution in [1.29, 1.82) is 0 Å². The molecule has 3 saturated heterocycles. The Balaban J connectivity index is 1.69. The Morgan fingerprint density at radius 3 is 2.50 bits per heavy atom. The summed E-state index contributed by atoms with van der Waals surface area (Å²) in [5, 5.41) is 3.37. The molecule has 0 aromatic heterocycles. The van der Waals surface area contributed by atoms with Crippen LogP contribution < -0.4 is 5.32 Å². The van der Waals surface area contributed by atoms with Gasteiger partial charge in [0.05, 0.1) is 11.5 Å². The molecule has 22 heavy (non-hydrogen) atoms. The van der Waals surface area contributed by atoms with Gasteiger partial charge in [-0.05, 0) is 18.5 Å². The van der Waals surface area contributed by atoms with Crippen molar-refractivity contribution in [3.63, 3.8) is 0 Å². The molecule has 2 atom stereocenters. The van der Waals surface area contributed by atoms with Gasteiger partial charge < -0.3 is 14.8 Å². The molecule has 1 N–H and O–H groups in total. The van der Waals surface area contributed by atoms with E-state index in [4.69, 9.17) is 9.47 Å². The lowest BCUT2D eigenvalue weighted by atomic mass is 9.70. The highest BCUT2D eigenvalue weighted by atomic mass is 16.8. The van der Waals surface area contributed by atoms with Crippen LogP contribution >= 0.6 is 0 Å². The predicted molar refractivity (Wildman–Crippen MR) is 76.3 cm³/mol. The Kier molecular flexibility index (Phi) is 2.83. The van der Waals surface area contributed by atoms with Crippen LogP contribution in [0.15, 0.2) is 30.3 Å². The maximum atomic E-state index is 11.6. The first-order valence-electron chi connectivity index (χ1n) is 7.57. The van der Waals surface area contributed by atoms with E-state index in [2.05, 4.69) is 5.32 Å². The molecule has 0 radical (unpaired) electrons. The summed E-state index contributed by atoms with van der Waals surface area (Å²) in [6.07, 6.45) is 0.942. The zero-order valence-corrected chi connectivity index (χ0v) is 12.4. The average molecular weight is 302 g/mol. The SMILES string of the molecule is C[C@@H]1C2(OC(=O)C(=O)O2)N(Cc2ccccc2)[C@]12CCNC2. The van der Waals surface area contributed by atoms with Crippen molar-refractivity contribution < 1.29 is 19.1 Å². The Bertz CT molecular complexity index is 608. The molecule has 116 valence electrons. The number of hydrogen-bond acceptors (Lipinski definition) is 6. The van der Waals surface area contributed by atoms with E-state index in [9.17, 15) is 9.59 Å². The maximum absolute atomic E-state index is 11.6. The highest BCUT2D eigenvalue weighted by molar-refractivity contribution is 6.31. The third-order valence-electron chi connectivity index (χ3n) is 5.26. The van der Waals surface area contributed by atoms with Gasteiger partial charge in [0.1, 0.15) is 0 Å². The second-order valence-electron chi connectivity index (χ2n) is 6.23. The van der Waals surface area contributed by atoms with E-state index in [-0.39, 0.29) is 11.5 Å². The summed E-state index contributed by atoms with van der Waals surface area (Å²) in [4.78, 5) is 25.2. The first-order valence-corrected chi connectivity index (χ1v) is 7.57. The van der Waals surface area contributed by atoms with E-state index in [1.54, 1.807) is 0 Å². The highest BCUT2D eigenvalue weighted by Crippen LogP contribution is 2.56. The summed E-state index contributed by atoms with van der Waals surface area (Å²) in [7, 11) is 0. The van der Waals surface area contributed by atoms with Gasteiger partial charge in [-0.1, -0.05) is 37.3 Å². The van der Waals surface area contributed by atoms with Crippen LogP contribution in [-0.4, -0.2) is 41.4 Å². The molecule has 1 aromatic carbocycles. The first-order chi connectivity index (χ1) is 10.6. The molecule has 2 spiro atoms. The normalized spacial score (nSPS) is 33.0. The lowest BCUT2D eigenvalue weighted by Crippen LogP contribution is -2.80. The molecule has 6 heteroatoms. The Morgan fingerprint density at radius 1 is 1.23 bits per heavy atom. The number of carbonyl (C=O) groups is 2. The fourth-order valence-electron chi connectivity index (χ4n) is 4.04. The Morgan fingerprint density at radius 2 is 1.91 bits per heavy atom. The van der Waals surface area contributed by atoms with E-state index < -0.39 is 17.8 Å².